The molecule has 0 amide bonds. The summed E-state index contributed by atoms with van der Waals surface area (Å²) < 4.78 is 41.2. The molecule has 2 nitrogen and oxygen atoms in total. The Morgan fingerprint density at radius 2 is 1.94 bits per heavy atom. The molecular formula is C11H10BrF3N2. The first kappa shape index (κ1) is 12.4. The highest BCUT2D eigenvalue weighted by Crippen LogP contribution is 2.30. The van der Waals surface area contributed by atoms with Crippen molar-refractivity contribution in [2.45, 2.75) is 26.3 Å². The predicted molar refractivity (Wildman–Crippen MR) is 62.7 cm³/mol. The average molecular weight is 307 g/mol. The highest BCUT2D eigenvalue weighted by molar-refractivity contribution is 9.10. The number of fused-ring (bicyclic) bond motifs is 1. The van der Waals surface area contributed by atoms with Gasteiger partial charge in [-0.3, -0.25) is 0 Å². The number of rotatable bonds is 2. The highest BCUT2D eigenvalue weighted by atomic mass is 79.9. The molecule has 0 aliphatic carbocycles. The first-order valence-corrected chi connectivity index (χ1v) is 5.86. The van der Waals surface area contributed by atoms with Crippen LogP contribution in [-0.4, -0.2) is 9.55 Å². The van der Waals surface area contributed by atoms with E-state index < -0.39 is 18.1 Å². The molecule has 1 aromatic carbocycles. The van der Waals surface area contributed by atoms with Gasteiger partial charge in [0.1, 0.15) is 5.52 Å². The zero-order valence-corrected chi connectivity index (χ0v) is 10.8. The lowest BCUT2D eigenvalue weighted by Crippen LogP contribution is -2.06. The van der Waals surface area contributed by atoms with Gasteiger partial charge in [-0.1, -0.05) is 15.9 Å². The maximum absolute atomic E-state index is 13.6. The summed E-state index contributed by atoms with van der Waals surface area (Å²) in [5.74, 6) is -0.998. The standard InChI is InChI=1S/C11H10BrF3N2/c1-5(2)17-8-4-6(12)3-7(13)9(8)16-11(17)10(14)15/h3-5,10H,1-2H3. The van der Waals surface area contributed by atoms with Gasteiger partial charge in [-0.05, 0) is 26.0 Å². The Kier molecular flexibility index (Phi) is 3.16. The van der Waals surface area contributed by atoms with Gasteiger partial charge in [-0.2, -0.15) is 0 Å². The lowest BCUT2D eigenvalue weighted by molar-refractivity contribution is 0.134. The highest BCUT2D eigenvalue weighted by Gasteiger charge is 2.22. The molecule has 0 unspecified atom stereocenters. The van der Waals surface area contributed by atoms with Gasteiger partial charge in [0.15, 0.2) is 11.6 Å². The summed E-state index contributed by atoms with van der Waals surface area (Å²) >= 11 is 3.14. The molecule has 17 heavy (non-hydrogen) atoms. The molecule has 0 saturated carbocycles. The number of imidazole rings is 1. The van der Waals surface area contributed by atoms with Crippen molar-refractivity contribution in [2.75, 3.05) is 0 Å². The van der Waals surface area contributed by atoms with E-state index in [0.29, 0.717) is 9.99 Å². The molecule has 0 N–H and O–H groups in total. The lowest BCUT2D eigenvalue weighted by Gasteiger charge is -2.12. The van der Waals surface area contributed by atoms with Crippen molar-refractivity contribution >= 4 is 27.0 Å². The molecular weight excluding hydrogens is 297 g/mol. The Hall–Kier alpha value is -1.04. The van der Waals surface area contributed by atoms with Gasteiger partial charge in [0.05, 0.1) is 5.52 Å². The van der Waals surface area contributed by atoms with Crippen molar-refractivity contribution in [1.29, 1.82) is 0 Å². The van der Waals surface area contributed by atoms with Crippen LogP contribution in [0.2, 0.25) is 0 Å². The van der Waals surface area contributed by atoms with Crippen LogP contribution in [0, 0.1) is 5.82 Å². The number of nitrogens with zero attached hydrogens (tertiary/aromatic N) is 2. The van der Waals surface area contributed by atoms with Gasteiger partial charge in [-0.15, -0.1) is 0 Å². The summed E-state index contributed by atoms with van der Waals surface area (Å²) in [6.45, 7) is 3.51. The summed E-state index contributed by atoms with van der Waals surface area (Å²) in [7, 11) is 0. The van der Waals surface area contributed by atoms with E-state index >= 15 is 0 Å². The largest absolute Gasteiger partial charge is 0.320 e. The van der Waals surface area contributed by atoms with Crippen LogP contribution >= 0.6 is 15.9 Å². The second kappa shape index (κ2) is 4.33. The van der Waals surface area contributed by atoms with Gasteiger partial charge in [0, 0.05) is 10.5 Å². The van der Waals surface area contributed by atoms with Crippen molar-refractivity contribution in [3.05, 3.63) is 28.2 Å². The Balaban J connectivity index is 2.85. The fraction of sp³-hybridized carbons (Fsp3) is 0.364. The third-order valence-corrected chi connectivity index (χ3v) is 2.91. The molecule has 2 aromatic rings. The van der Waals surface area contributed by atoms with E-state index in [0.717, 1.165) is 0 Å². The van der Waals surface area contributed by atoms with Gasteiger partial charge < -0.3 is 4.57 Å². The van der Waals surface area contributed by atoms with Crippen LogP contribution in [-0.2, 0) is 0 Å². The minimum absolute atomic E-state index is 0.0165. The maximum Gasteiger partial charge on any atom is 0.295 e. The fourth-order valence-corrected chi connectivity index (χ4v) is 2.25. The van der Waals surface area contributed by atoms with Crippen LogP contribution < -0.4 is 0 Å². The molecule has 6 heteroatoms. The normalized spacial score (nSPS) is 12.0. The van der Waals surface area contributed by atoms with Crippen molar-refractivity contribution in [3.63, 3.8) is 0 Å². The third kappa shape index (κ3) is 2.06. The smallest absolute Gasteiger partial charge is 0.295 e. The van der Waals surface area contributed by atoms with Gasteiger partial charge in [-0.25, -0.2) is 18.2 Å². The number of halogens is 4. The Bertz CT molecular complexity index is 563. The van der Waals surface area contributed by atoms with Crippen LogP contribution in [0.4, 0.5) is 13.2 Å². The number of alkyl halides is 2. The Labute approximate surface area is 105 Å². The zero-order valence-electron chi connectivity index (χ0n) is 9.22. The summed E-state index contributed by atoms with van der Waals surface area (Å²) in [4.78, 5) is 3.69. The molecule has 0 radical (unpaired) electrons. The summed E-state index contributed by atoms with van der Waals surface area (Å²) in [5, 5.41) is 0. The monoisotopic (exact) mass is 306 g/mol. The van der Waals surface area contributed by atoms with Crippen molar-refractivity contribution in [3.8, 4) is 0 Å². The minimum Gasteiger partial charge on any atom is -0.320 e. The SMILES string of the molecule is CC(C)n1c(C(F)F)nc2c(F)cc(Br)cc21. The van der Waals surface area contributed by atoms with Crippen LogP contribution in [0.1, 0.15) is 32.1 Å². The van der Waals surface area contributed by atoms with E-state index in [-0.39, 0.29) is 11.6 Å². The van der Waals surface area contributed by atoms with E-state index in [4.69, 9.17) is 0 Å². The molecule has 1 heterocycles. The second-order valence-electron chi connectivity index (χ2n) is 3.99. The van der Waals surface area contributed by atoms with Crippen molar-refractivity contribution < 1.29 is 13.2 Å². The molecule has 2 rings (SSSR count). The maximum atomic E-state index is 13.6. The van der Waals surface area contributed by atoms with E-state index in [2.05, 4.69) is 20.9 Å². The van der Waals surface area contributed by atoms with E-state index in [1.807, 2.05) is 0 Å². The first-order chi connectivity index (χ1) is 7.91. The molecule has 0 aliphatic rings. The molecule has 0 fully saturated rings. The van der Waals surface area contributed by atoms with Crippen molar-refractivity contribution in [2.24, 2.45) is 0 Å². The molecule has 92 valence electrons. The van der Waals surface area contributed by atoms with Crippen LogP contribution in [0.5, 0.6) is 0 Å². The Morgan fingerprint density at radius 1 is 1.29 bits per heavy atom. The fourth-order valence-electron chi connectivity index (χ4n) is 1.84. The van der Waals surface area contributed by atoms with Crippen LogP contribution in [0.25, 0.3) is 11.0 Å². The zero-order chi connectivity index (χ0) is 12.7. The van der Waals surface area contributed by atoms with Crippen LogP contribution in [0.3, 0.4) is 0 Å². The number of benzene rings is 1. The number of hydrogen-bond acceptors (Lipinski definition) is 1. The average Bonchev–Trinajstić information content (AvgIpc) is 2.56. The van der Waals surface area contributed by atoms with Gasteiger partial charge in [0.2, 0.25) is 0 Å². The summed E-state index contributed by atoms with van der Waals surface area (Å²) in [5.41, 5.74) is 0.361. The molecule has 0 atom stereocenters. The first-order valence-electron chi connectivity index (χ1n) is 5.07. The van der Waals surface area contributed by atoms with E-state index in [1.54, 1.807) is 19.9 Å². The second-order valence-corrected chi connectivity index (χ2v) is 4.91. The summed E-state index contributed by atoms with van der Waals surface area (Å²) in [6.07, 6.45) is -2.72. The quantitative estimate of drug-likeness (QED) is 0.801. The van der Waals surface area contributed by atoms with Crippen molar-refractivity contribution in [1.82, 2.24) is 9.55 Å². The third-order valence-electron chi connectivity index (χ3n) is 2.45. The van der Waals surface area contributed by atoms with Crippen LogP contribution in [0.15, 0.2) is 16.6 Å². The van der Waals surface area contributed by atoms with Gasteiger partial charge in [0.25, 0.3) is 6.43 Å². The lowest BCUT2D eigenvalue weighted by atomic mass is 10.3. The predicted octanol–water partition coefficient (Wildman–Crippen LogP) is 4.46. The van der Waals surface area contributed by atoms with Gasteiger partial charge >= 0.3 is 0 Å². The number of hydrogen-bond donors (Lipinski definition) is 0. The molecule has 0 saturated heterocycles. The minimum atomic E-state index is -2.72. The molecule has 1 aromatic heterocycles. The molecule has 0 aliphatic heterocycles. The molecule has 0 bridgehead atoms. The number of aromatic nitrogens is 2. The Morgan fingerprint density at radius 3 is 2.47 bits per heavy atom. The molecule has 0 spiro atoms. The van der Waals surface area contributed by atoms with E-state index in [1.165, 1.54) is 10.6 Å². The van der Waals surface area contributed by atoms with E-state index in [9.17, 15) is 13.2 Å². The topological polar surface area (TPSA) is 17.8 Å². The summed E-state index contributed by atoms with van der Waals surface area (Å²) in [6, 6.07) is 2.60.